The molecule has 0 N–H and O–H groups in total. The van der Waals surface area contributed by atoms with E-state index in [1.54, 1.807) is 0 Å². The Morgan fingerprint density at radius 1 is 0.870 bits per heavy atom. The van der Waals surface area contributed by atoms with Crippen LogP contribution in [0.1, 0.15) is 53.4 Å². The third-order valence-corrected chi connectivity index (χ3v) is 10.1. The van der Waals surface area contributed by atoms with Crippen molar-refractivity contribution >= 4 is 5.78 Å². The van der Waals surface area contributed by atoms with Gasteiger partial charge < -0.3 is 0 Å². The number of carbonyl (C=O) groups is 1. The van der Waals surface area contributed by atoms with E-state index >= 15 is 0 Å². The molecule has 10 unspecified atom stereocenters. The van der Waals surface area contributed by atoms with Gasteiger partial charge in [-0.15, -0.1) is 0 Å². The molecule has 23 heavy (non-hydrogen) atoms. The van der Waals surface area contributed by atoms with Gasteiger partial charge in [0.25, 0.3) is 0 Å². The highest BCUT2D eigenvalue weighted by molar-refractivity contribution is 5.97. The predicted octanol–water partition coefficient (Wildman–Crippen LogP) is 3.85. The van der Waals surface area contributed by atoms with Gasteiger partial charge in [0.1, 0.15) is 0 Å². The fraction of sp³-hybridized carbons (Fsp3) is 0.952. The largest absolute Gasteiger partial charge is 0.297 e. The topological polar surface area (TPSA) is 20.3 Å². The molecule has 5 aliphatic rings. The van der Waals surface area contributed by atoms with Crippen molar-refractivity contribution in [2.24, 2.45) is 52.8 Å². The van der Waals surface area contributed by atoms with Crippen LogP contribution in [0, 0.1) is 52.8 Å². The van der Waals surface area contributed by atoms with Gasteiger partial charge in [0, 0.05) is 12.0 Å². The average molecular weight is 316 g/mol. The molecule has 0 aromatic rings. The van der Waals surface area contributed by atoms with E-state index in [1.807, 2.05) is 0 Å². The molecule has 4 saturated carbocycles. The van der Waals surface area contributed by atoms with Crippen LogP contribution in [0.3, 0.4) is 0 Å². The smallest absolute Gasteiger partial charge is 0.161 e. The minimum Gasteiger partial charge on any atom is -0.297 e. The number of hydrogen-bond acceptors (Lipinski definition) is 2. The maximum Gasteiger partial charge on any atom is 0.161 e. The number of fused-ring (bicyclic) bond motifs is 6. The van der Waals surface area contributed by atoms with E-state index in [4.69, 9.17) is 0 Å². The van der Waals surface area contributed by atoms with E-state index in [0.717, 1.165) is 42.1 Å². The Bertz CT molecular complexity index is 568. The van der Waals surface area contributed by atoms with Gasteiger partial charge in [0.15, 0.2) is 5.78 Å². The Labute approximate surface area is 141 Å². The Hall–Kier alpha value is -0.370. The number of likely N-dealkylation sites (tertiary alicyclic amines) is 1. The Morgan fingerprint density at radius 2 is 1.43 bits per heavy atom. The van der Waals surface area contributed by atoms with E-state index in [2.05, 4.69) is 39.6 Å². The molecule has 2 nitrogen and oxygen atoms in total. The molecule has 2 heteroatoms. The van der Waals surface area contributed by atoms with Crippen LogP contribution in [0.4, 0.5) is 0 Å². The van der Waals surface area contributed by atoms with Gasteiger partial charge in [-0.3, -0.25) is 9.69 Å². The Balaban J connectivity index is 1.55. The van der Waals surface area contributed by atoms with Crippen LogP contribution in [0.5, 0.6) is 0 Å². The lowest BCUT2D eigenvalue weighted by Gasteiger charge is -2.44. The predicted molar refractivity (Wildman–Crippen MR) is 91.9 cm³/mol. The quantitative estimate of drug-likeness (QED) is 0.677. The molecule has 1 heterocycles. The lowest BCUT2D eigenvalue weighted by atomic mass is 9.59. The molecule has 4 bridgehead atoms. The van der Waals surface area contributed by atoms with Gasteiger partial charge in [0.2, 0.25) is 0 Å². The van der Waals surface area contributed by atoms with Crippen molar-refractivity contribution in [3.05, 3.63) is 0 Å². The van der Waals surface area contributed by atoms with Crippen molar-refractivity contribution in [3.8, 4) is 0 Å². The van der Waals surface area contributed by atoms with Crippen molar-refractivity contribution < 1.29 is 4.79 Å². The molecule has 1 aliphatic heterocycles. The molecule has 0 aromatic carbocycles. The number of nitrogens with zero attached hydrogens (tertiary/aromatic N) is 1. The first kappa shape index (κ1) is 14.9. The summed E-state index contributed by atoms with van der Waals surface area (Å²) in [6.45, 7) is 10.8. The monoisotopic (exact) mass is 315 g/mol. The van der Waals surface area contributed by atoms with Gasteiger partial charge >= 0.3 is 0 Å². The minimum atomic E-state index is -0.0793. The summed E-state index contributed by atoms with van der Waals surface area (Å²) in [7, 11) is 2.28. The minimum absolute atomic E-state index is 0.0266. The summed E-state index contributed by atoms with van der Waals surface area (Å²) < 4.78 is 0. The third-order valence-electron chi connectivity index (χ3n) is 10.1. The number of likely N-dealkylation sites (N-methyl/N-ethyl adjacent to an activating group) is 1. The molecule has 0 amide bonds. The molecule has 1 saturated heterocycles. The molecule has 4 aliphatic carbocycles. The van der Waals surface area contributed by atoms with E-state index in [9.17, 15) is 4.79 Å². The first-order valence-corrected chi connectivity index (χ1v) is 10.1. The second-order valence-electron chi connectivity index (χ2n) is 10.3. The zero-order valence-corrected chi connectivity index (χ0v) is 15.5. The number of hydrogen-bond donors (Lipinski definition) is 0. The van der Waals surface area contributed by atoms with Gasteiger partial charge in [-0.25, -0.2) is 0 Å². The van der Waals surface area contributed by atoms with E-state index in [0.29, 0.717) is 17.6 Å². The molecule has 2 spiro atoms. The number of ketones is 1. The maximum absolute atomic E-state index is 14.0. The second-order valence-corrected chi connectivity index (χ2v) is 10.3. The van der Waals surface area contributed by atoms with Crippen molar-refractivity contribution in [1.29, 1.82) is 0 Å². The van der Waals surface area contributed by atoms with Crippen LogP contribution in [0.25, 0.3) is 0 Å². The first-order valence-electron chi connectivity index (χ1n) is 10.1. The zero-order valence-electron chi connectivity index (χ0n) is 15.5. The van der Waals surface area contributed by atoms with E-state index in [1.165, 1.54) is 25.7 Å². The standard InChI is InChI=1S/C21H33NO/c1-11-13(3)17-6-15(11)8-20(17)10-22(5)21(19(20)23)9-16-7-18(21)14(4)12(16)2/h11-18H,6-10H2,1-5H3. The van der Waals surface area contributed by atoms with Crippen LogP contribution in [-0.2, 0) is 4.79 Å². The first-order chi connectivity index (χ1) is 10.8. The molecular formula is C21H33NO. The molecule has 5 fully saturated rings. The van der Waals surface area contributed by atoms with Gasteiger partial charge in [0.05, 0.1) is 5.54 Å². The van der Waals surface area contributed by atoms with Crippen molar-refractivity contribution in [3.63, 3.8) is 0 Å². The summed E-state index contributed by atoms with van der Waals surface area (Å²) in [5.41, 5.74) is -0.0528. The molecular weight excluding hydrogens is 282 g/mol. The van der Waals surface area contributed by atoms with Gasteiger partial charge in [-0.05, 0) is 80.1 Å². The highest BCUT2D eigenvalue weighted by Gasteiger charge is 2.74. The van der Waals surface area contributed by atoms with Gasteiger partial charge in [-0.1, -0.05) is 27.7 Å². The van der Waals surface area contributed by atoms with Gasteiger partial charge in [-0.2, -0.15) is 0 Å². The summed E-state index contributed by atoms with van der Waals surface area (Å²) in [4.78, 5) is 16.6. The number of Topliss-reactive ketones (excluding diaryl/α,β-unsaturated/α-hetero) is 1. The summed E-state index contributed by atoms with van der Waals surface area (Å²) >= 11 is 0. The normalized spacial score (nSPS) is 64.1. The van der Waals surface area contributed by atoms with Crippen molar-refractivity contribution in [1.82, 2.24) is 4.90 Å². The number of rotatable bonds is 0. The van der Waals surface area contributed by atoms with Crippen molar-refractivity contribution in [2.45, 2.75) is 58.9 Å². The fourth-order valence-electron chi connectivity index (χ4n) is 8.55. The SMILES string of the molecule is CC1C2CC(C1C)C1(C2)CN(C)C2(CC3CC2C(C)C3C)C1=O. The van der Waals surface area contributed by atoms with Crippen LogP contribution < -0.4 is 0 Å². The lowest BCUT2D eigenvalue weighted by molar-refractivity contribution is -0.138. The fourth-order valence-corrected chi connectivity index (χ4v) is 8.55. The second kappa shape index (κ2) is 4.23. The number of carbonyl (C=O) groups excluding carboxylic acids is 1. The maximum atomic E-state index is 14.0. The highest BCUT2D eigenvalue weighted by atomic mass is 16.1. The molecule has 128 valence electrons. The molecule has 5 rings (SSSR count). The van der Waals surface area contributed by atoms with Crippen LogP contribution in [-0.4, -0.2) is 29.8 Å². The Morgan fingerprint density at radius 3 is 1.96 bits per heavy atom. The summed E-state index contributed by atoms with van der Waals surface area (Å²) in [5, 5.41) is 0. The highest BCUT2D eigenvalue weighted by Crippen LogP contribution is 2.69. The van der Waals surface area contributed by atoms with Crippen LogP contribution in [0.2, 0.25) is 0 Å². The van der Waals surface area contributed by atoms with Crippen LogP contribution in [0.15, 0.2) is 0 Å². The molecule has 0 radical (unpaired) electrons. The van der Waals surface area contributed by atoms with E-state index in [-0.39, 0.29) is 11.0 Å². The average Bonchev–Trinajstić information content (AvgIpc) is 3.25. The molecule has 0 aromatic heterocycles. The zero-order chi connectivity index (χ0) is 16.3. The third kappa shape index (κ3) is 1.42. The summed E-state index contributed by atoms with van der Waals surface area (Å²) in [5.74, 6) is 6.74. The Kier molecular flexibility index (Phi) is 2.75. The lowest BCUT2D eigenvalue weighted by Crippen LogP contribution is -2.55. The summed E-state index contributed by atoms with van der Waals surface area (Å²) in [6.07, 6.45) is 5.02. The summed E-state index contributed by atoms with van der Waals surface area (Å²) in [6, 6.07) is 0. The molecule has 10 atom stereocenters. The van der Waals surface area contributed by atoms with Crippen LogP contribution >= 0.6 is 0 Å². The van der Waals surface area contributed by atoms with E-state index < -0.39 is 0 Å². The van der Waals surface area contributed by atoms with Crippen molar-refractivity contribution in [2.75, 3.05) is 13.6 Å².